The number of imidazole rings is 1. The van der Waals surface area contributed by atoms with E-state index in [1.54, 1.807) is 25.4 Å². The lowest BCUT2D eigenvalue weighted by Crippen LogP contribution is -2.37. The van der Waals surface area contributed by atoms with Gasteiger partial charge in [0.2, 0.25) is 0 Å². The van der Waals surface area contributed by atoms with Crippen molar-refractivity contribution in [2.75, 3.05) is 13.7 Å². The average molecular weight is 539 g/mol. The minimum absolute atomic E-state index is 0. The highest BCUT2D eigenvalue weighted by Gasteiger charge is 2.27. The zero-order valence-corrected chi connectivity index (χ0v) is 19.7. The summed E-state index contributed by atoms with van der Waals surface area (Å²) < 4.78 is 43.1. The molecule has 10 heteroatoms. The lowest BCUT2D eigenvalue weighted by Gasteiger charge is -2.14. The summed E-state index contributed by atoms with van der Waals surface area (Å²) in [6.45, 7) is 4.99. The maximum atomic E-state index is 12.1. The Kier molecular flexibility index (Phi) is 11.2. The summed E-state index contributed by atoms with van der Waals surface area (Å²) in [6.07, 6.45) is -0.554. The minimum Gasteiger partial charge on any atom is -0.367 e. The molecule has 0 saturated carbocycles. The Bertz CT molecular complexity index is 775. The molecule has 1 heterocycles. The zero-order chi connectivity index (χ0) is 21.3. The van der Waals surface area contributed by atoms with Crippen LogP contribution in [0.1, 0.15) is 30.8 Å². The molecular formula is C20H29F3IN5O. The number of alkyl halides is 3. The maximum absolute atomic E-state index is 12.1. The fourth-order valence-corrected chi connectivity index (χ4v) is 2.67. The Hall–Kier alpha value is -1.82. The lowest BCUT2D eigenvalue weighted by atomic mass is 10.1. The van der Waals surface area contributed by atoms with E-state index in [1.807, 2.05) is 18.3 Å². The van der Waals surface area contributed by atoms with Gasteiger partial charge in [-0.2, -0.15) is 13.2 Å². The van der Waals surface area contributed by atoms with Gasteiger partial charge in [-0.3, -0.25) is 4.99 Å². The first-order valence-corrected chi connectivity index (χ1v) is 9.43. The van der Waals surface area contributed by atoms with E-state index in [2.05, 4.69) is 43.8 Å². The van der Waals surface area contributed by atoms with Crippen LogP contribution in [0.15, 0.2) is 41.7 Å². The molecule has 30 heavy (non-hydrogen) atoms. The highest BCUT2D eigenvalue weighted by atomic mass is 127. The molecule has 0 aliphatic rings. The molecule has 0 atom stereocenters. The van der Waals surface area contributed by atoms with Gasteiger partial charge < -0.3 is 19.9 Å². The molecule has 2 rings (SSSR count). The molecule has 0 bridgehead atoms. The number of aliphatic imine (C=N–C) groups is 1. The van der Waals surface area contributed by atoms with Gasteiger partial charge in [0.15, 0.2) is 5.96 Å². The molecule has 1 aromatic heterocycles. The second-order valence-corrected chi connectivity index (χ2v) is 7.09. The smallest absolute Gasteiger partial charge is 0.367 e. The molecule has 0 spiro atoms. The summed E-state index contributed by atoms with van der Waals surface area (Å²) in [4.78, 5) is 8.58. The monoisotopic (exact) mass is 539 g/mol. The van der Waals surface area contributed by atoms with Crippen LogP contribution < -0.4 is 10.6 Å². The number of ether oxygens (including phenoxy) is 1. The van der Waals surface area contributed by atoms with E-state index in [4.69, 9.17) is 0 Å². The van der Waals surface area contributed by atoms with E-state index in [0.717, 1.165) is 17.9 Å². The molecule has 2 aromatic rings. The Morgan fingerprint density at radius 2 is 1.77 bits per heavy atom. The number of nitrogens with zero attached hydrogens (tertiary/aromatic N) is 3. The summed E-state index contributed by atoms with van der Waals surface area (Å²) in [7, 11) is 1.69. The normalized spacial score (nSPS) is 12.0. The Balaban J connectivity index is 0.00000450. The van der Waals surface area contributed by atoms with Crippen molar-refractivity contribution in [2.45, 2.75) is 46.3 Å². The fraction of sp³-hybridized carbons (Fsp3) is 0.500. The van der Waals surface area contributed by atoms with E-state index in [-0.39, 0.29) is 30.6 Å². The second kappa shape index (κ2) is 12.8. The predicted octanol–water partition coefficient (Wildman–Crippen LogP) is 4.10. The van der Waals surface area contributed by atoms with E-state index in [0.29, 0.717) is 30.5 Å². The van der Waals surface area contributed by atoms with E-state index in [1.165, 1.54) is 0 Å². The van der Waals surface area contributed by atoms with Gasteiger partial charge in [0.25, 0.3) is 0 Å². The van der Waals surface area contributed by atoms with Crippen LogP contribution in [0.2, 0.25) is 0 Å². The van der Waals surface area contributed by atoms with Crippen molar-refractivity contribution in [3.05, 3.63) is 53.6 Å². The van der Waals surface area contributed by atoms with Gasteiger partial charge in [0.1, 0.15) is 12.4 Å². The summed E-state index contributed by atoms with van der Waals surface area (Å²) in [5.74, 6) is 2.11. The SMILES string of the molecule is CN=C(NCc1ccc(COCC(F)(F)F)cc1)NCc1nccn1CC(C)C.I. The first kappa shape index (κ1) is 26.2. The maximum Gasteiger partial charge on any atom is 0.411 e. The van der Waals surface area contributed by atoms with Crippen LogP contribution >= 0.6 is 24.0 Å². The quantitative estimate of drug-likeness (QED) is 0.286. The number of halogens is 4. The average Bonchev–Trinajstić information content (AvgIpc) is 3.08. The molecule has 2 N–H and O–H groups in total. The van der Waals surface area contributed by atoms with Crippen molar-refractivity contribution < 1.29 is 17.9 Å². The summed E-state index contributed by atoms with van der Waals surface area (Å²) in [6, 6.07) is 7.21. The van der Waals surface area contributed by atoms with Gasteiger partial charge in [-0.05, 0) is 17.0 Å². The molecule has 168 valence electrons. The lowest BCUT2D eigenvalue weighted by molar-refractivity contribution is -0.176. The molecular weight excluding hydrogens is 510 g/mol. The third-order valence-corrected chi connectivity index (χ3v) is 4.02. The van der Waals surface area contributed by atoms with Gasteiger partial charge in [0.05, 0.1) is 13.2 Å². The van der Waals surface area contributed by atoms with Crippen molar-refractivity contribution >= 4 is 29.9 Å². The summed E-state index contributed by atoms with van der Waals surface area (Å²) in [5.41, 5.74) is 1.67. The van der Waals surface area contributed by atoms with Gasteiger partial charge in [-0.25, -0.2) is 4.98 Å². The van der Waals surface area contributed by atoms with Crippen LogP contribution in [-0.2, 0) is 31.0 Å². The topological polar surface area (TPSA) is 63.5 Å². The fourth-order valence-electron chi connectivity index (χ4n) is 2.67. The number of rotatable bonds is 9. The van der Waals surface area contributed by atoms with Crippen LogP contribution in [0.25, 0.3) is 0 Å². The first-order valence-electron chi connectivity index (χ1n) is 9.43. The van der Waals surface area contributed by atoms with Crippen LogP contribution in [0.5, 0.6) is 0 Å². The van der Waals surface area contributed by atoms with Gasteiger partial charge in [-0.1, -0.05) is 38.1 Å². The van der Waals surface area contributed by atoms with Gasteiger partial charge in [-0.15, -0.1) is 24.0 Å². The van der Waals surface area contributed by atoms with Crippen LogP contribution in [0.3, 0.4) is 0 Å². The molecule has 0 aliphatic heterocycles. The van der Waals surface area contributed by atoms with Gasteiger partial charge >= 0.3 is 6.18 Å². The van der Waals surface area contributed by atoms with Crippen molar-refractivity contribution in [1.82, 2.24) is 20.2 Å². The van der Waals surface area contributed by atoms with Crippen molar-refractivity contribution in [1.29, 1.82) is 0 Å². The molecule has 0 radical (unpaired) electrons. The number of hydrogen-bond donors (Lipinski definition) is 2. The highest BCUT2D eigenvalue weighted by Crippen LogP contribution is 2.15. The molecule has 0 aliphatic carbocycles. The Morgan fingerprint density at radius 3 is 2.37 bits per heavy atom. The third-order valence-electron chi connectivity index (χ3n) is 4.02. The highest BCUT2D eigenvalue weighted by molar-refractivity contribution is 14.0. The number of guanidine groups is 1. The molecule has 6 nitrogen and oxygen atoms in total. The Labute approximate surface area is 192 Å². The molecule has 0 fully saturated rings. The van der Waals surface area contributed by atoms with E-state index < -0.39 is 12.8 Å². The number of benzene rings is 1. The van der Waals surface area contributed by atoms with Crippen LogP contribution in [0, 0.1) is 5.92 Å². The zero-order valence-electron chi connectivity index (χ0n) is 17.4. The molecule has 0 unspecified atom stereocenters. The standard InChI is InChI=1S/C20H28F3N5O.HI/c1-15(2)12-28-9-8-25-18(28)11-27-19(24-3)26-10-16-4-6-17(7-5-16)13-29-14-20(21,22)23;/h4-9,15H,10-14H2,1-3H3,(H2,24,26,27);1H. The predicted molar refractivity (Wildman–Crippen MR) is 122 cm³/mol. The van der Waals surface area contributed by atoms with Crippen molar-refractivity contribution in [3.63, 3.8) is 0 Å². The number of nitrogens with one attached hydrogen (secondary N) is 2. The number of hydrogen-bond acceptors (Lipinski definition) is 3. The van der Waals surface area contributed by atoms with Crippen LogP contribution in [-0.4, -0.2) is 35.3 Å². The minimum atomic E-state index is -4.31. The van der Waals surface area contributed by atoms with E-state index >= 15 is 0 Å². The van der Waals surface area contributed by atoms with Gasteiger partial charge in [0, 0.05) is 32.5 Å². The number of aromatic nitrogens is 2. The molecule has 1 aromatic carbocycles. The van der Waals surface area contributed by atoms with Crippen LogP contribution in [0.4, 0.5) is 13.2 Å². The second-order valence-electron chi connectivity index (χ2n) is 7.09. The Morgan fingerprint density at radius 1 is 1.13 bits per heavy atom. The molecule has 0 saturated heterocycles. The van der Waals surface area contributed by atoms with E-state index in [9.17, 15) is 13.2 Å². The first-order chi connectivity index (χ1) is 13.8. The summed E-state index contributed by atoms with van der Waals surface area (Å²) >= 11 is 0. The largest absolute Gasteiger partial charge is 0.411 e. The van der Waals surface area contributed by atoms with Crippen molar-refractivity contribution in [2.24, 2.45) is 10.9 Å². The summed E-state index contributed by atoms with van der Waals surface area (Å²) in [5, 5.41) is 6.45. The van der Waals surface area contributed by atoms with Crippen molar-refractivity contribution in [3.8, 4) is 0 Å². The third kappa shape index (κ3) is 9.79. The molecule has 0 amide bonds.